The molecule has 0 saturated carbocycles. The summed E-state index contributed by atoms with van der Waals surface area (Å²) in [5, 5.41) is 2.83. The summed E-state index contributed by atoms with van der Waals surface area (Å²) in [7, 11) is 0. The fourth-order valence-corrected chi connectivity index (χ4v) is 2.22. The highest BCUT2D eigenvalue weighted by molar-refractivity contribution is 6.64. The zero-order valence-corrected chi connectivity index (χ0v) is 11.5. The van der Waals surface area contributed by atoms with Gasteiger partial charge >= 0.3 is 0 Å². The minimum absolute atomic E-state index is 0.405. The summed E-state index contributed by atoms with van der Waals surface area (Å²) in [5.74, 6) is 0. The normalized spacial score (nSPS) is 11.9. The van der Waals surface area contributed by atoms with Gasteiger partial charge in [0.25, 0.3) is 0 Å². The van der Waals surface area contributed by atoms with Gasteiger partial charge in [0.1, 0.15) is 6.04 Å². The molecule has 2 nitrogen and oxygen atoms in total. The third kappa shape index (κ3) is 3.36. The van der Waals surface area contributed by atoms with Gasteiger partial charge in [-0.2, -0.15) is 0 Å². The second-order valence-electron chi connectivity index (χ2n) is 4.30. The molecule has 0 fully saturated rings. The van der Waals surface area contributed by atoms with Crippen LogP contribution in [0.15, 0.2) is 54.6 Å². The van der Waals surface area contributed by atoms with Gasteiger partial charge in [0.05, 0.1) is 0 Å². The number of aryl methyl sites for hydroxylation is 1. The van der Waals surface area contributed by atoms with Crippen LogP contribution in [0.3, 0.4) is 0 Å². The minimum atomic E-state index is -0.518. The van der Waals surface area contributed by atoms with Crippen molar-refractivity contribution in [1.29, 1.82) is 0 Å². The van der Waals surface area contributed by atoms with Crippen molar-refractivity contribution in [2.45, 2.75) is 19.4 Å². The van der Waals surface area contributed by atoms with Crippen LogP contribution in [-0.2, 0) is 11.2 Å². The van der Waals surface area contributed by atoms with Gasteiger partial charge in [-0.05, 0) is 35.2 Å². The molecule has 0 radical (unpaired) electrons. The number of hydrogen-bond donors (Lipinski definition) is 1. The Kier molecular flexibility index (Phi) is 4.58. The van der Waals surface area contributed by atoms with Gasteiger partial charge in [-0.3, -0.25) is 4.79 Å². The summed E-state index contributed by atoms with van der Waals surface area (Å²) >= 11 is 5.72. The summed E-state index contributed by atoms with van der Waals surface area (Å²) < 4.78 is 0. The Morgan fingerprint density at radius 3 is 2.37 bits per heavy atom. The number of rotatable bonds is 5. The van der Waals surface area contributed by atoms with Crippen molar-refractivity contribution in [1.82, 2.24) is 0 Å². The van der Waals surface area contributed by atoms with Gasteiger partial charge in [-0.15, -0.1) is 0 Å². The molecule has 0 aliphatic heterocycles. The van der Waals surface area contributed by atoms with Gasteiger partial charge in [0.2, 0.25) is 5.24 Å². The van der Waals surface area contributed by atoms with Crippen LogP contribution in [0.25, 0.3) is 0 Å². The highest BCUT2D eigenvalue weighted by atomic mass is 35.5. The monoisotopic (exact) mass is 273 g/mol. The Hall–Kier alpha value is -1.80. The largest absolute Gasteiger partial charge is 0.370 e. The number of carbonyl (C=O) groups is 1. The Labute approximate surface area is 118 Å². The van der Waals surface area contributed by atoms with Crippen LogP contribution in [0.4, 0.5) is 5.69 Å². The van der Waals surface area contributed by atoms with Gasteiger partial charge in [-0.25, -0.2) is 0 Å². The number of hydrogen-bond acceptors (Lipinski definition) is 2. The van der Waals surface area contributed by atoms with E-state index in [4.69, 9.17) is 11.6 Å². The Balaban J connectivity index is 2.30. The molecule has 2 aromatic rings. The fraction of sp³-hybridized carbons (Fsp3) is 0.188. The van der Waals surface area contributed by atoms with Gasteiger partial charge in [0.15, 0.2) is 0 Å². The number of halogens is 1. The lowest BCUT2D eigenvalue weighted by atomic mass is 10.1. The Morgan fingerprint density at radius 1 is 1.11 bits per heavy atom. The third-order valence-electron chi connectivity index (χ3n) is 3.06. The van der Waals surface area contributed by atoms with Crippen LogP contribution in [0.5, 0.6) is 0 Å². The van der Waals surface area contributed by atoms with Crippen molar-refractivity contribution >= 4 is 22.5 Å². The predicted octanol–water partition coefficient (Wildman–Crippen LogP) is 4.17. The standard InChI is InChI=1S/C16H16ClNO/c1-2-12-8-6-7-11-14(12)18-15(16(17)19)13-9-4-3-5-10-13/h3-11,15,18H,2H2,1H3. The second kappa shape index (κ2) is 6.39. The summed E-state index contributed by atoms with van der Waals surface area (Å²) in [6, 6.07) is 16.9. The van der Waals surface area contributed by atoms with Crippen LogP contribution >= 0.6 is 11.6 Å². The summed E-state index contributed by atoms with van der Waals surface area (Å²) in [4.78, 5) is 11.7. The number of nitrogens with one attached hydrogen (secondary N) is 1. The van der Waals surface area contributed by atoms with Crippen LogP contribution in [-0.4, -0.2) is 5.24 Å². The third-order valence-corrected chi connectivity index (χ3v) is 3.28. The molecule has 0 aliphatic rings. The van der Waals surface area contributed by atoms with Crippen molar-refractivity contribution < 1.29 is 4.79 Å². The molecule has 1 N–H and O–H groups in total. The number of para-hydroxylation sites is 1. The van der Waals surface area contributed by atoms with E-state index < -0.39 is 11.3 Å². The summed E-state index contributed by atoms with van der Waals surface area (Å²) in [5.41, 5.74) is 2.99. The molecular formula is C16H16ClNO. The molecule has 3 heteroatoms. The van der Waals surface area contributed by atoms with E-state index in [1.165, 1.54) is 5.56 Å². The fourth-order valence-electron chi connectivity index (χ4n) is 2.04. The maximum atomic E-state index is 11.7. The van der Waals surface area contributed by atoms with E-state index in [9.17, 15) is 4.79 Å². The molecule has 2 aromatic carbocycles. The molecule has 19 heavy (non-hydrogen) atoms. The first-order chi connectivity index (χ1) is 9.22. The second-order valence-corrected chi connectivity index (χ2v) is 4.68. The zero-order chi connectivity index (χ0) is 13.7. The minimum Gasteiger partial charge on any atom is -0.370 e. The van der Waals surface area contributed by atoms with E-state index in [0.29, 0.717) is 0 Å². The molecule has 0 aliphatic carbocycles. The van der Waals surface area contributed by atoms with E-state index in [1.54, 1.807) is 0 Å². The van der Waals surface area contributed by atoms with E-state index in [-0.39, 0.29) is 0 Å². The van der Waals surface area contributed by atoms with E-state index >= 15 is 0 Å². The molecule has 0 bridgehead atoms. The lowest BCUT2D eigenvalue weighted by molar-refractivity contribution is -0.112. The first-order valence-corrected chi connectivity index (χ1v) is 6.69. The predicted molar refractivity (Wildman–Crippen MR) is 79.5 cm³/mol. The van der Waals surface area contributed by atoms with Gasteiger partial charge in [0, 0.05) is 5.69 Å². The lowest BCUT2D eigenvalue weighted by Gasteiger charge is -2.18. The molecule has 0 amide bonds. The smallest absolute Gasteiger partial charge is 0.248 e. The maximum Gasteiger partial charge on any atom is 0.248 e. The molecule has 0 saturated heterocycles. The summed E-state index contributed by atoms with van der Waals surface area (Å²) in [6.07, 6.45) is 0.904. The molecule has 1 atom stereocenters. The Bertz CT molecular complexity index is 554. The Morgan fingerprint density at radius 2 is 1.74 bits per heavy atom. The van der Waals surface area contributed by atoms with Crippen LogP contribution in [0.2, 0.25) is 0 Å². The molecule has 0 spiro atoms. The molecule has 1 unspecified atom stereocenters. The lowest BCUT2D eigenvalue weighted by Crippen LogP contribution is -2.17. The quantitative estimate of drug-likeness (QED) is 0.829. The SMILES string of the molecule is CCc1ccccc1NC(C(=O)Cl)c1ccccc1. The summed E-state index contributed by atoms with van der Waals surface area (Å²) in [6.45, 7) is 2.08. The molecule has 0 heterocycles. The molecular weight excluding hydrogens is 258 g/mol. The van der Waals surface area contributed by atoms with E-state index in [0.717, 1.165) is 17.7 Å². The first kappa shape index (κ1) is 13.6. The van der Waals surface area contributed by atoms with Crippen LogP contribution in [0, 0.1) is 0 Å². The molecule has 98 valence electrons. The number of benzene rings is 2. The highest BCUT2D eigenvalue weighted by Crippen LogP contribution is 2.24. The van der Waals surface area contributed by atoms with Crippen molar-refractivity contribution in [3.8, 4) is 0 Å². The van der Waals surface area contributed by atoms with Crippen molar-refractivity contribution in [3.05, 3.63) is 65.7 Å². The topological polar surface area (TPSA) is 29.1 Å². The van der Waals surface area contributed by atoms with Crippen molar-refractivity contribution in [3.63, 3.8) is 0 Å². The first-order valence-electron chi connectivity index (χ1n) is 6.31. The van der Waals surface area contributed by atoms with Crippen molar-refractivity contribution in [2.24, 2.45) is 0 Å². The number of anilines is 1. The number of carbonyl (C=O) groups excluding carboxylic acids is 1. The highest BCUT2D eigenvalue weighted by Gasteiger charge is 2.18. The van der Waals surface area contributed by atoms with Gasteiger partial charge < -0.3 is 5.32 Å². The van der Waals surface area contributed by atoms with Gasteiger partial charge in [-0.1, -0.05) is 55.5 Å². The van der Waals surface area contributed by atoms with E-state index in [1.807, 2.05) is 54.6 Å². The maximum absolute atomic E-state index is 11.7. The molecule has 2 rings (SSSR count). The average Bonchev–Trinajstić information content (AvgIpc) is 2.45. The van der Waals surface area contributed by atoms with Crippen molar-refractivity contribution in [2.75, 3.05) is 5.32 Å². The zero-order valence-electron chi connectivity index (χ0n) is 10.8. The van der Waals surface area contributed by atoms with E-state index in [2.05, 4.69) is 12.2 Å². The average molecular weight is 274 g/mol. The van der Waals surface area contributed by atoms with Crippen LogP contribution < -0.4 is 5.32 Å². The molecule has 0 aromatic heterocycles. The van der Waals surface area contributed by atoms with Crippen LogP contribution in [0.1, 0.15) is 24.1 Å².